The Bertz CT molecular complexity index is 1090. The average molecular weight is 445 g/mol. The molecule has 3 amide bonds. The number of carbonyl (C=O) groups excluding carboxylic acids is 2. The van der Waals surface area contributed by atoms with Crippen LogP contribution in [0.4, 0.5) is 10.5 Å². The van der Waals surface area contributed by atoms with Crippen LogP contribution >= 0.6 is 22.9 Å². The van der Waals surface area contributed by atoms with Crippen LogP contribution in [0.1, 0.15) is 17.0 Å². The van der Waals surface area contributed by atoms with Crippen molar-refractivity contribution in [2.45, 2.75) is 26.1 Å². The molecule has 4 rings (SSSR count). The fourth-order valence-corrected chi connectivity index (χ4v) is 4.51. The lowest BCUT2D eigenvalue weighted by Crippen LogP contribution is -2.59. The maximum atomic E-state index is 13.1. The van der Waals surface area contributed by atoms with Crippen LogP contribution in [0.3, 0.4) is 0 Å². The number of urea groups is 1. The Morgan fingerprint density at radius 3 is 2.73 bits per heavy atom. The second-order valence-electron chi connectivity index (χ2n) is 7.09. The molecule has 2 heterocycles. The first kappa shape index (κ1) is 20.6. The number of benzene rings is 2. The second kappa shape index (κ2) is 8.59. The van der Waals surface area contributed by atoms with E-state index in [1.807, 2.05) is 37.3 Å². The highest BCUT2D eigenvalue weighted by Crippen LogP contribution is 2.27. The van der Waals surface area contributed by atoms with Crippen LogP contribution in [0.15, 0.2) is 42.5 Å². The van der Waals surface area contributed by atoms with Crippen molar-refractivity contribution in [3.05, 3.63) is 58.1 Å². The smallest absolute Gasteiger partial charge is 0.328 e. The summed E-state index contributed by atoms with van der Waals surface area (Å²) >= 11 is 7.57. The van der Waals surface area contributed by atoms with Gasteiger partial charge in [-0.15, -0.1) is 11.3 Å². The number of rotatable bonds is 6. The average Bonchev–Trinajstić information content (AvgIpc) is 3.09. The third-order valence-corrected chi connectivity index (χ3v) is 6.13. The van der Waals surface area contributed by atoms with Gasteiger partial charge < -0.3 is 10.4 Å². The Morgan fingerprint density at radius 1 is 1.23 bits per heavy atom. The summed E-state index contributed by atoms with van der Waals surface area (Å²) in [6.45, 7) is 1.98. The highest BCUT2D eigenvalue weighted by Gasteiger charge is 2.38. The molecule has 7 nitrogen and oxygen atoms in total. The lowest BCUT2D eigenvalue weighted by molar-refractivity contribution is -0.132. The number of amides is 3. The Hall–Kier alpha value is -2.68. The zero-order valence-electron chi connectivity index (χ0n) is 16.3. The van der Waals surface area contributed by atoms with Gasteiger partial charge in [-0.3, -0.25) is 14.6 Å². The SMILES string of the molecule is Cc1nc2ccc(NC3CC(=O)N(CCO)C(=O)N3Cc3ccc(Cl)cc3)cc2s1. The third-order valence-electron chi connectivity index (χ3n) is 4.94. The van der Waals surface area contributed by atoms with Crippen LogP contribution in [0, 0.1) is 6.92 Å². The first-order chi connectivity index (χ1) is 14.4. The number of hydrogen-bond donors (Lipinski definition) is 2. The number of aromatic nitrogens is 1. The van der Waals surface area contributed by atoms with Gasteiger partial charge in [-0.2, -0.15) is 0 Å². The van der Waals surface area contributed by atoms with E-state index in [-0.39, 0.29) is 25.5 Å². The summed E-state index contributed by atoms with van der Waals surface area (Å²) in [5.41, 5.74) is 2.63. The first-order valence-electron chi connectivity index (χ1n) is 9.54. The number of β-amino-alcohol motifs (C(OH)–C–C–N with tert-alkyl or cyclic N) is 1. The maximum absolute atomic E-state index is 13.1. The number of aryl methyl sites for hydroxylation is 1. The van der Waals surface area contributed by atoms with Gasteiger partial charge in [0.2, 0.25) is 5.91 Å². The molecule has 3 aromatic rings. The molecular formula is C21H21ClN4O3S. The molecule has 1 unspecified atom stereocenters. The van der Waals surface area contributed by atoms with Gasteiger partial charge in [0.1, 0.15) is 6.17 Å². The van der Waals surface area contributed by atoms with Crippen molar-refractivity contribution in [3.63, 3.8) is 0 Å². The molecule has 1 aliphatic rings. The van der Waals surface area contributed by atoms with Crippen molar-refractivity contribution >= 4 is 50.8 Å². The van der Waals surface area contributed by atoms with Gasteiger partial charge in [0.05, 0.1) is 34.8 Å². The van der Waals surface area contributed by atoms with Gasteiger partial charge in [-0.25, -0.2) is 9.78 Å². The molecule has 0 saturated carbocycles. The summed E-state index contributed by atoms with van der Waals surface area (Å²) in [7, 11) is 0. The molecule has 1 atom stereocenters. The quantitative estimate of drug-likeness (QED) is 0.603. The topological polar surface area (TPSA) is 85.8 Å². The number of halogens is 1. The number of carbonyl (C=O) groups is 2. The number of anilines is 1. The minimum absolute atomic E-state index is 0.0202. The minimum Gasteiger partial charge on any atom is -0.395 e. The van der Waals surface area contributed by atoms with Gasteiger partial charge in [-0.05, 0) is 42.8 Å². The van der Waals surface area contributed by atoms with Crippen LogP contribution < -0.4 is 5.32 Å². The van der Waals surface area contributed by atoms with Crippen molar-refractivity contribution < 1.29 is 14.7 Å². The van der Waals surface area contributed by atoms with E-state index in [2.05, 4.69) is 10.3 Å². The first-order valence-corrected chi connectivity index (χ1v) is 10.7. The summed E-state index contributed by atoms with van der Waals surface area (Å²) in [6, 6.07) is 12.6. The van der Waals surface area contributed by atoms with E-state index in [0.717, 1.165) is 31.4 Å². The van der Waals surface area contributed by atoms with E-state index in [4.69, 9.17) is 11.6 Å². The van der Waals surface area contributed by atoms with Crippen LogP contribution in [-0.4, -0.2) is 51.1 Å². The second-order valence-corrected chi connectivity index (χ2v) is 8.76. The van der Waals surface area contributed by atoms with Gasteiger partial charge in [0, 0.05) is 17.3 Å². The zero-order valence-corrected chi connectivity index (χ0v) is 17.9. The molecule has 1 aliphatic heterocycles. The van der Waals surface area contributed by atoms with Crippen molar-refractivity contribution in [2.75, 3.05) is 18.5 Å². The summed E-state index contributed by atoms with van der Waals surface area (Å²) in [6.07, 6.45) is -0.402. The molecule has 30 heavy (non-hydrogen) atoms. The molecule has 2 aromatic carbocycles. The number of hydrogen-bond acceptors (Lipinski definition) is 6. The summed E-state index contributed by atoms with van der Waals surface area (Å²) < 4.78 is 1.04. The monoisotopic (exact) mass is 444 g/mol. The zero-order chi connectivity index (χ0) is 21.3. The molecule has 0 aliphatic carbocycles. The number of aliphatic hydroxyl groups is 1. The van der Waals surface area contributed by atoms with Crippen LogP contribution in [0.2, 0.25) is 5.02 Å². The molecule has 9 heteroatoms. The largest absolute Gasteiger partial charge is 0.395 e. The van der Waals surface area contributed by atoms with Crippen LogP contribution in [-0.2, 0) is 11.3 Å². The molecule has 2 N–H and O–H groups in total. The Kier molecular flexibility index (Phi) is 5.90. The number of thiazole rings is 1. The number of nitrogens with one attached hydrogen (secondary N) is 1. The lowest BCUT2D eigenvalue weighted by Gasteiger charge is -2.40. The predicted octanol–water partition coefficient (Wildman–Crippen LogP) is 3.84. The molecule has 0 bridgehead atoms. The molecule has 1 fully saturated rings. The van der Waals surface area contributed by atoms with Crippen molar-refractivity contribution in [1.82, 2.24) is 14.8 Å². The van der Waals surface area contributed by atoms with E-state index >= 15 is 0 Å². The number of fused-ring (bicyclic) bond motifs is 1. The summed E-state index contributed by atoms with van der Waals surface area (Å²) in [5, 5.41) is 14.2. The van der Waals surface area contributed by atoms with E-state index in [0.29, 0.717) is 11.6 Å². The third kappa shape index (κ3) is 4.26. The van der Waals surface area contributed by atoms with E-state index in [1.165, 1.54) is 0 Å². The molecular weight excluding hydrogens is 424 g/mol. The van der Waals surface area contributed by atoms with Gasteiger partial charge >= 0.3 is 6.03 Å². The van der Waals surface area contributed by atoms with Crippen molar-refractivity contribution in [3.8, 4) is 0 Å². The van der Waals surface area contributed by atoms with Gasteiger partial charge in [-0.1, -0.05) is 23.7 Å². The molecule has 156 valence electrons. The number of nitrogens with zero attached hydrogens (tertiary/aromatic N) is 3. The standard InChI is InChI=1S/C21H21ClN4O3S/c1-13-23-17-7-6-16(10-18(17)30-13)24-19-11-20(28)25(8-9-27)21(29)26(19)12-14-2-4-15(22)5-3-14/h2-7,10,19,24,27H,8-9,11-12H2,1H3. The fourth-order valence-electron chi connectivity index (χ4n) is 3.52. The molecule has 1 aromatic heterocycles. The highest BCUT2D eigenvalue weighted by molar-refractivity contribution is 7.18. The molecule has 1 saturated heterocycles. The minimum atomic E-state index is -0.512. The maximum Gasteiger partial charge on any atom is 0.328 e. The Balaban J connectivity index is 1.62. The van der Waals surface area contributed by atoms with Gasteiger partial charge in [0.15, 0.2) is 0 Å². The van der Waals surface area contributed by atoms with Crippen molar-refractivity contribution in [1.29, 1.82) is 0 Å². The van der Waals surface area contributed by atoms with Gasteiger partial charge in [0.25, 0.3) is 0 Å². The lowest BCUT2D eigenvalue weighted by atomic mass is 10.1. The van der Waals surface area contributed by atoms with E-state index in [1.54, 1.807) is 28.4 Å². The van der Waals surface area contributed by atoms with Crippen molar-refractivity contribution in [2.24, 2.45) is 0 Å². The number of imide groups is 1. The highest BCUT2D eigenvalue weighted by atomic mass is 35.5. The Labute approximate surface area is 182 Å². The van der Waals surface area contributed by atoms with E-state index < -0.39 is 12.2 Å². The molecule has 0 spiro atoms. The fraction of sp³-hybridized carbons (Fsp3) is 0.286. The predicted molar refractivity (Wildman–Crippen MR) is 118 cm³/mol. The van der Waals surface area contributed by atoms with Crippen LogP contribution in [0.25, 0.3) is 10.2 Å². The summed E-state index contributed by atoms with van der Waals surface area (Å²) in [4.78, 5) is 32.8. The van der Waals surface area contributed by atoms with E-state index in [9.17, 15) is 14.7 Å². The normalized spacial score (nSPS) is 17.1. The Morgan fingerprint density at radius 2 is 2.00 bits per heavy atom. The van der Waals surface area contributed by atoms with Crippen LogP contribution in [0.5, 0.6) is 0 Å². The number of aliphatic hydroxyl groups excluding tert-OH is 1. The molecule has 0 radical (unpaired) electrons. The summed E-state index contributed by atoms with van der Waals surface area (Å²) in [5.74, 6) is -0.311.